The molecule has 0 spiro atoms. The molecule has 0 fully saturated rings. The van der Waals surface area contributed by atoms with E-state index in [-0.39, 0.29) is 0 Å². The van der Waals surface area contributed by atoms with E-state index < -0.39 is 0 Å². The Morgan fingerprint density at radius 1 is 1.35 bits per heavy atom. The Balaban J connectivity index is 2.48. The summed E-state index contributed by atoms with van der Waals surface area (Å²) in [6.07, 6.45) is 1.96. The Morgan fingerprint density at radius 3 is 2.71 bits per heavy atom. The van der Waals surface area contributed by atoms with Gasteiger partial charge in [-0.1, -0.05) is 24.9 Å². The molecule has 0 aromatic carbocycles. The number of rotatable bonds is 3. The first-order chi connectivity index (χ1) is 8.11. The first kappa shape index (κ1) is 13.2. The lowest BCUT2D eigenvalue weighted by molar-refractivity contribution is 0.866. The largest absolute Gasteiger partial charge is 0.238 e. The van der Waals surface area contributed by atoms with Gasteiger partial charge in [0.1, 0.15) is 5.15 Å². The Labute approximate surface area is 123 Å². The van der Waals surface area contributed by atoms with Crippen LogP contribution in [0.3, 0.4) is 0 Å². The SMILES string of the molecule is CCCc1nc(-c2nc(C)cs2)nc(Cl)c1I. The fourth-order valence-electron chi connectivity index (χ4n) is 1.42. The van der Waals surface area contributed by atoms with Gasteiger partial charge in [-0.15, -0.1) is 11.3 Å². The van der Waals surface area contributed by atoms with Gasteiger partial charge in [0.05, 0.1) is 9.26 Å². The van der Waals surface area contributed by atoms with E-state index in [1.807, 2.05) is 12.3 Å². The second-order valence-corrected chi connectivity index (χ2v) is 5.94. The van der Waals surface area contributed by atoms with Crippen molar-refractivity contribution < 1.29 is 0 Å². The first-order valence-electron chi connectivity index (χ1n) is 5.26. The molecule has 0 unspecified atom stereocenters. The smallest absolute Gasteiger partial charge is 0.190 e. The zero-order valence-corrected chi connectivity index (χ0v) is 13.2. The number of aromatic nitrogens is 3. The lowest BCUT2D eigenvalue weighted by Gasteiger charge is -2.05. The number of aryl methyl sites for hydroxylation is 2. The Morgan fingerprint density at radius 2 is 2.12 bits per heavy atom. The van der Waals surface area contributed by atoms with Crippen LogP contribution in [0, 0.1) is 10.5 Å². The van der Waals surface area contributed by atoms with E-state index in [1.165, 1.54) is 0 Å². The first-order valence-corrected chi connectivity index (χ1v) is 7.60. The van der Waals surface area contributed by atoms with Crippen molar-refractivity contribution in [3.63, 3.8) is 0 Å². The van der Waals surface area contributed by atoms with Gasteiger partial charge in [0.15, 0.2) is 10.8 Å². The molecule has 0 amide bonds. The highest BCUT2D eigenvalue weighted by molar-refractivity contribution is 14.1. The van der Waals surface area contributed by atoms with Gasteiger partial charge in [0.2, 0.25) is 0 Å². The van der Waals surface area contributed by atoms with E-state index in [1.54, 1.807) is 11.3 Å². The minimum absolute atomic E-state index is 0.520. The average Bonchev–Trinajstić information content (AvgIpc) is 2.71. The van der Waals surface area contributed by atoms with Gasteiger partial charge in [0.25, 0.3) is 0 Å². The van der Waals surface area contributed by atoms with Crippen LogP contribution >= 0.6 is 45.5 Å². The number of hydrogen-bond acceptors (Lipinski definition) is 4. The quantitative estimate of drug-likeness (QED) is 0.595. The van der Waals surface area contributed by atoms with Crippen LogP contribution in [0.5, 0.6) is 0 Å². The van der Waals surface area contributed by atoms with Crippen molar-refractivity contribution >= 4 is 45.5 Å². The second kappa shape index (κ2) is 5.58. The van der Waals surface area contributed by atoms with Gasteiger partial charge in [-0.05, 0) is 35.9 Å². The van der Waals surface area contributed by atoms with Gasteiger partial charge in [0, 0.05) is 11.1 Å². The summed E-state index contributed by atoms with van der Waals surface area (Å²) in [5, 5.41) is 3.34. The summed E-state index contributed by atoms with van der Waals surface area (Å²) in [5.74, 6) is 0.636. The van der Waals surface area contributed by atoms with E-state index in [4.69, 9.17) is 11.6 Å². The fraction of sp³-hybridized carbons (Fsp3) is 0.364. The molecular formula is C11H11ClIN3S. The van der Waals surface area contributed by atoms with Crippen LogP contribution in [0.2, 0.25) is 5.15 Å². The molecule has 0 bridgehead atoms. The highest BCUT2D eigenvalue weighted by Gasteiger charge is 2.13. The fourth-order valence-corrected chi connectivity index (χ4v) is 2.85. The summed E-state index contributed by atoms with van der Waals surface area (Å²) in [4.78, 5) is 13.2. The lowest BCUT2D eigenvalue weighted by atomic mass is 10.2. The standard InChI is InChI=1S/C11H11ClIN3S/c1-3-4-7-8(13)9(12)16-10(15-7)11-14-6(2)5-17-11/h5H,3-4H2,1-2H3. The van der Waals surface area contributed by atoms with E-state index in [0.717, 1.165) is 32.8 Å². The highest BCUT2D eigenvalue weighted by Crippen LogP contribution is 2.26. The molecule has 3 nitrogen and oxygen atoms in total. The van der Waals surface area contributed by atoms with Crippen LogP contribution in [0.15, 0.2) is 5.38 Å². The summed E-state index contributed by atoms with van der Waals surface area (Å²) in [6.45, 7) is 4.08. The highest BCUT2D eigenvalue weighted by atomic mass is 127. The summed E-state index contributed by atoms with van der Waals surface area (Å²) in [5.41, 5.74) is 2.00. The molecular weight excluding hydrogens is 369 g/mol. The maximum absolute atomic E-state index is 6.13. The summed E-state index contributed by atoms with van der Waals surface area (Å²) < 4.78 is 0.947. The van der Waals surface area contributed by atoms with E-state index in [9.17, 15) is 0 Å². The molecule has 0 N–H and O–H groups in total. The van der Waals surface area contributed by atoms with Crippen LogP contribution in [-0.2, 0) is 6.42 Å². The molecule has 0 saturated carbocycles. The molecule has 90 valence electrons. The van der Waals surface area contributed by atoms with Gasteiger partial charge in [-0.2, -0.15) is 0 Å². The molecule has 2 heterocycles. The van der Waals surface area contributed by atoms with Crippen molar-refractivity contribution in [3.8, 4) is 10.8 Å². The molecule has 2 rings (SSSR count). The molecule has 0 aliphatic heterocycles. The molecule has 6 heteroatoms. The van der Waals surface area contributed by atoms with Crippen molar-refractivity contribution in [1.29, 1.82) is 0 Å². The van der Waals surface area contributed by atoms with Gasteiger partial charge >= 0.3 is 0 Å². The van der Waals surface area contributed by atoms with Crippen molar-refractivity contribution in [3.05, 3.63) is 25.5 Å². The van der Waals surface area contributed by atoms with E-state index in [0.29, 0.717) is 11.0 Å². The number of halogens is 2. The van der Waals surface area contributed by atoms with Gasteiger partial charge < -0.3 is 0 Å². The summed E-state index contributed by atoms with van der Waals surface area (Å²) in [6, 6.07) is 0. The van der Waals surface area contributed by atoms with Crippen LogP contribution in [0.1, 0.15) is 24.7 Å². The Hall–Kier alpha value is -0.270. The van der Waals surface area contributed by atoms with E-state index >= 15 is 0 Å². The molecule has 0 atom stereocenters. The predicted octanol–water partition coefficient (Wildman–Crippen LogP) is 4.12. The summed E-state index contributed by atoms with van der Waals surface area (Å²) >= 11 is 9.87. The van der Waals surface area contributed by atoms with Gasteiger partial charge in [-0.25, -0.2) is 15.0 Å². The molecule has 0 aliphatic carbocycles. The number of thiazole rings is 1. The zero-order chi connectivity index (χ0) is 12.4. The molecule has 0 saturated heterocycles. The third kappa shape index (κ3) is 2.95. The predicted molar refractivity (Wildman–Crippen MR) is 79.6 cm³/mol. The summed E-state index contributed by atoms with van der Waals surface area (Å²) in [7, 11) is 0. The van der Waals surface area contributed by atoms with Crippen LogP contribution in [-0.4, -0.2) is 15.0 Å². The van der Waals surface area contributed by atoms with Crippen LogP contribution in [0.4, 0.5) is 0 Å². The monoisotopic (exact) mass is 379 g/mol. The maximum atomic E-state index is 6.13. The molecule has 17 heavy (non-hydrogen) atoms. The topological polar surface area (TPSA) is 38.7 Å². The van der Waals surface area contributed by atoms with Crippen molar-refractivity contribution in [1.82, 2.24) is 15.0 Å². The Bertz CT molecular complexity index is 542. The third-order valence-electron chi connectivity index (χ3n) is 2.18. The molecule has 2 aromatic rings. The minimum atomic E-state index is 0.520. The second-order valence-electron chi connectivity index (χ2n) is 3.64. The van der Waals surface area contributed by atoms with Crippen molar-refractivity contribution in [2.45, 2.75) is 26.7 Å². The maximum Gasteiger partial charge on any atom is 0.190 e. The third-order valence-corrected chi connectivity index (χ3v) is 4.86. The van der Waals surface area contributed by atoms with Crippen LogP contribution in [0.25, 0.3) is 10.8 Å². The van der Waals surface area contributed by atoms with Crippen molar-refractivity contribution in [2.24, 2.45) is 0 Å². The molecule has 0 aliphatic rings. The van der Waals surface area contributed by atoms with E-state index in [2.05, 4.69) is 44.5 Å². The minimum Gasteiger partial charge on any atom is -0.238 e. The van der Waals surface area contributed by atoms with Crippen LogP contribution < -0.4 is 0 Å². The number of hydrogen-bond donors (Lipinski definition) is 0. The lowest BCUT2D eigenvalue weighted by Crippen LogP contribution is -2.00. The average molecular weight is 380 g/mol. The zero-order valence-electron chi connectivity index (χ0n) is 9.50. The molecule has 0 radical (unpaired) electrons. The Kier molecular flexibility index (Phi) is 4.32. The number of nitrogens with zero attached hydrogens (tertiary/aromatic N) is 3. The van der Waals surface area contributed by atoms with Gasteiger partial charge in [-0.3, -0.25) is 0 Å². The van der Waals surface area contributed by atoms with Crippen molar-refractivity contribution in [2.75, 3.05) is 0 Å². The molecule has 2 aromatic heterocycles. The normalized spacial score (nSPS) is 10.8.